The third kappa shape index (κ3) is 4.08. The number of hydrogen-bond donors (Lipinski definition) is 1. The third-order valence-corrected chi connectivity index (χ3v) is 6.38. The van der Waals surface area contributed by atoms with Gasteiger partial charge in [-0.3, -0.25) is 18.2 Å². The van der Waals surface area contributed by atoms with E-state index in [-0.39, 0.29) is 12.1 Å². The quantitative estimate of drug-likeness (QED) is 0.624. The predicted octanol–water partition coefficient (Wildman–Crippen LogP) is 2.71. The highest BCUT2D eigenvalue weighted by Gasteiger charge is 2.31. The Balaban J connectivity index is 1.96. The van der Waals surface area contributed by atoms with Gasteiger partial charge in [0.25, 0.3) is 0 Å². The van der Waals surface area contributed by atoms with Crippen molar-refractivity contribution >= 4 is 49.9 Å². The van der Waals surface area contributed by atoms with Gasteiger partial charge in [-0.2, -0.15) is 0 Å². The summed E-state index contributed by atoms with van der Waals surface area (Å²) in [5.41, 5.74) is 2.03. The van der Waals surface area contributed by atoms with E-state index in [1.807, 2.05) is 0 Å². The molecule has 0 unspecified atom stereocenters. The molecule has 0 spiro atoms. The Hall–Kier alpha value is -2.78. The van der Waals surface area contributed by atoms with Crippen LogP contribution < -0.4 is 15.3 Å². The number of anilines is 2. The van der Waals surface area contributed by atoms with Gasteiger partial charge in [-0.1, -0.05) is 18.5 Å². The SMILES string of the molecule is CC[C@@H](C(=O)Nc1ccc2c(c1)n(C)c(=O)n2C)N(c1ccc(Cl)cc1)S(C)(=O)=O. The van der Waals surface area contributed by atoms with Crippen molar-refractivity contribution in [1.82, 2.24) is 9.13 Å². The normalized spacial score (nSPS) is 12.7. The van der Waals surface area contributed by atoms with Crippen LogP contribution in [0.15, 0.2) is 47.3 Å². The second kappa shape index (κ2) is 8.16. The summed E-state index contributed by atoms with van der Waals surface area (Å²) in [5.74, 6) is -0.474. The minimum absolute atomic E-state index is 0.175. The molecule has 3 rings (SSSR count). The van der Waals surface area contributed by atoms with Crippen LogP contribution in [0.4, 0.5) is 11.4 Å². The zero-order valence-corrected chi connectivity index (χ0v) is 18.7. The summed E-state index contributed by atoms with van der Waals surface area (Å²) in [6.07, 6.45) is 1.32. The molecule has 1 aromatic heterocycles. The van der Waals surface area contributed by atoms with Crippen molar-refractivity contribution in [3.8, 4) is 0 Å². The highest BCUT2D eigenvalue weighted by Crippen LogP contribution is 2.25. The first-order chi connectivity index (χ1) is 14.0. The van der Waals surface area contributed by atoms with Gasteiger partial charge in [0, 0.05) is 24.8 Å². The lowest BCUT2D eigenvalue weighted by Gasteiger charge is -2.30. The number of imidazole rings is 1. The molecule has 0 saturated carbocycles. The van der Waals surface area contributed by atoms with E-state index in [0.717, 1.165) is 16.1 Å². The molecule has 0 aliphatic rings. The Morgan fingerprint density at radius 3 is 2.27 bits per heavy atom. The monoisotopic (exact) mass is 450 g/mol. The van der Waals surface area contributed by atoms with E-state index in [4.69, 9.17) is 11.6 Å². The molecule has 3 aromatic rings. The van der Waals surface area contributed by atoms with Crippen LogP contribution in [0.2, 0.25) is 5.02 Å². The molecular weight excluding hydrogens is 428 g/mol. The average Bonchev–Trinajstić information content (AvgIpc) is 2.90. The van der Waals surface area contributed by atoms with E-state index in [0.29, 0.717) is 21.9 Å². The first kappa shape index (κ1) is 21.9. The van der Waals surface area contributed by atoms with E-state index in [1.165, 1.54) is 9.13 Å². The zero-order valence-electron chi connectivity index (χ0n) is 17.1. The third-order valence-electron chi connectivity index (χ3n) is 4.95. The largest absolute Gasteiger partial charge is 0.328 e. The van der Waals surface area contributed by atoms with Crippen LogP contribution in [0.5, 0.6) is 0 Å². The number of benzene rings is 2. The molecule has 0 aliphatic carbocycles. The Kier molecular flexibility index (Phi) is 5.96. The molecule has 0 radical (unpaired) electrons. The number of rotatable bonds is 6. The summed E-state index contributed by atoms with van der Waals surface area (Å²) in [6.45, 7) is 1.74. The van der Waals surface area contributed by atoms with Crippen molar-refractivity contribution in [3.05, 3.63) is 58.0 Å². The Morgan fingerprint density at radius 2 is 1.70 bits per heavy atom. The lowest BCUT2D eigenvalue weighted by molar-refractivity contribution is -0.117. The molecule has 10 heteroatoms. The highest BCUT2D eigenvalue weighted by atomic mass is 35.5. The fourth-order valence-electron chi connectivity index (χ4n) is 3.46. The van der Waals surface area contributed by atoms with Gasteiger partial charge in [0.1, 0.15) is 6.04 Å². The molecule has 8 nitrogen and oxygen atoms in total. The van der Waals surface area contributed by atoms with E-state index < -0.39 is 22.0 Å². The number of carbonyl (C=O) groups is 1. The molecule has 0 aliphatic heterocycles. The van der Waals surface area contributed by atoms with Gasteiger partial charge in [0.05, 0.1) is 23.0 Å². The maximum absolute atomic E-state index is 13.0. The Bertz CT molecular complexity index is 1260. The molecule has 1 heterocycles. The summed E-state index contributed by atoms with van der Waals surface area (Å²) in [5, 5.41) is 3.24. The first-order valence-electron chi connectivity index (χ1n) is 9.26. The van der Waals surface area contributed by atoms with Crippen LogP contribution in [0.3, 0.4) is 0 Å². The maximum Gasteiger partial charge on any atom is 0.328 e. The first-order valence-corrected chi connectivity index (χ1v) is 11.5. The lowest BCUT2D eigenvalue weighted by Crippen LogP contribution is -2.47. The highest BCUT2D eigenvalue weighted by molar-refractivity contribution is 7.92. The second-order valence-electron chi connectivity index (χ2n) is 7.05. The number of amides is 1. The van der Waals surface area contributed by atoms with E-state index in [9.17, 15) is 18.0 Å². The van der Waals surface area contributed by atoms with Crippen LogP contribution in [0, 0.1) is 0 Å². The molecule has 1 N–H and O–H groups in total. The van der Waals surface area contributed by atoms with Crippen molar-refractivity contribution < 1.29 is 13.2 Å². The van der Waals surface area contributed by atoms with Crippen LogP contribution in [-0.2, 0) is 28.9 Å². The number of aryl methyl sites for hydroxylation is 2. The van der Waals surface area contributed by atoms with Gasteiger partial charge in [-0.05, 0) is 48.9 Å². The summed E-state index contributed by atoms with van der Waals surface area (Å²) in [4.78, 5) is 25.2. The van der Waals surface area contributed by atoms with Crippen molar-refractivity contribution in [2.75, 3.05) is 15.9 Å². The number of fused-ring (bicyclic) bond motifs is 1. The van der Waals surface area contributed by atoms with Gasteiger partial charge in [-0.15, -0.1) is 0 Å². The number of hydrogen-bond acceptors (Lipinski definition) is 4. The molecule has 0 bridgehead atoms. The average molecular weight is 451 g/mol. The number of nitrogens with zero attached hydrogens (tertiary/aromatic N) is 3. The summed E-state index contributed by atoms with van der Waals surface area (Å²) in [6, 6.07) is 10.4. The number of nitrogens with one attached hydrogen (secondary N) is 1. The van der Waals surface area contributed by atoms with Gasteiger partial charge >= 0.3 is 5.69 Å². The molecule has 1 atom stereocenters. The second-order valence-corrected chi connectivity index (χ2v) is 9.35. The Morgan fingerprint density at radius 1 is 1.10 bits per heavy atom. The van der Waals surface area contributed by atoms with Crippen LogP contribution >= 0.6 is 11.6 Å². The molecule has 1 amide bonds. The molecule has 2 aromatic carbocycles. The van der Waals surface area contributed by atoms with Gasteiger partial charge < -0.3 is 5.32 Å². The molecule has 0 saturated heterocycles. The lowest BCUT2D eigenvalue weighted by atomic mass is 10.1. The minimum Gasteiger partial charge on any atom is -0.324 e. The Labute approximate surface area is 179 Å². The molecule has 160 valence electrons. The fourth-order valence-corrected chi connectivity index (χ4v) is 4.80. The minimum atomic E-state index is -3.74. The fraction of sp³-hybridized carbons (Fsp3) is 0.300. The summed E-state index contributed by atoms with van der Waals surface area (Å²) < 4.78 is 29.1. The van der Waals surface area contributed by atoms with Crippen molar-refractivity contribution in [2.45, 2.75) is 19.4 Å². The van der Waals surface area contributed by atoms with E-state index in [1.54, 1.807) is 63.5 Å². The smallest absolute Gasteiger partial charge is 0.324 e. The van der Waals surface area contributed by atoms with Gasteiger partial charge in [0.2, 0.25) is 15.9 Å². The van der Waals surface area contributed by atoms with Gasteiger partial charge in [-0.25, -0.2) is 13.2 Å². The van der Waals surface area contributed by atoms with E-state index in [2.05, 4.69) is 5.32 Å². The van der Waals surface area contributed by atoms with Crippen molar-refractivity contribution in [3.63, 3.8) is 0 Å². The number of sulfonamides is 1. The number of halogens is 1. The van der Waals surface area contributed by atoms with Crippen molar-refractivity contribution in [1.29, 1.82) is 0 Å². The maximum atomic E-state index is 13.0. The zero-order chi connectivity index (χ0) is 22.2. The predicted molar refractivity (Wildman–Crippen MR) is 120 cm³/mol. The molecule has 0 fully saturated rings. The standard InChI is InChI=1S/C20H23ClN4O4S/c1-5-16(25(30(4,28)29)15-9-6-13(21)7-10-15)19(26)22-14-8-11-17-18(12-14)24(3)20(27)23(17)2/h6-12,16H,5H2,1-4H3,(H,22,26)/t16-/m0/s1. The topological polar surface area (TPSA) is 93.4 Å². The van der Waals surface area contributed by atoms with Crippen LogP contribution in [0.25, 0.3) is 11.0 Å². The number of carbonyl (C=O) groups excluding carboxylic acids is 1. The van der Waals surface area contributed by atoms with Crippen LogP contribution in [-0.4, -0.2) is 35.8 Å². The van der Waals surface area contributed by atoms with Crippen molar-refractivity contribution in [2.24, 2.45) is 14.1 Å². The summed E-state index contributed by atoms with van der Waals surface area (Å²) >= 11 is 5.91. The summed E-state index contributed by atoms with van der Waals surface area (Å²) in [7, 11) is -0.420. The van der Waals surface area contributed by atoms with Crippen LogP contribution in [0.1, 0.15) is 13.3 Å². The van der Waals surface area contributed by atoms with E-state index >= 15 is 0 Å². The van der Waals surface area contributed by atoms with Gasteiger partial charge in [0.15, 0.2) is 0 Å². The number of aromatic nitrogens is 2. The molecular formula is C20H23ClN4O4S. The molecule has 30 heavy (non-hydrogen) atoms.